The van der Waals surface area contributed by atoms with Gasteiger partial charge in [0.1, 0.15) is 0 Å². The van der Waals surface area contributed by atoms with E-state index in [2.05, 4.69) is 16.8 Å². The Morgan fingerprint density at radius 3 is 2.50 bits per heavy atom. The van der Waals surface area contributed by atoms with Gasteiger partial charge in [-0.25, -0.2) is 0 Å². The van der Waals surface area contributed by atoms with E-state index in [1.807, 2.05) is 0 Å². The zero-order valence-corrected chi connectivity index (χ0v) is 7.83. The van der Waals surface area contributed by atoms with Crippen LogP contribution in [-0.4, -0.2) is 62.3 Å². The molecule has 2 aliphatic rings. The summed E-state index contributed by atoms with van der Waals surface area (Å²) >= 11 is 0. The summed E-state index contributed by atoms with van der Waals surface area (Å²) in [6, 6.07) is 0.721. The molecule has 0 saturated carbocycles. The van der Waals surface area contributed by atoms with Gasteiger partial charge < -0.3 is 9.64 Å². The van der Waals surface area contributed by atoms with Gasteiger partial charge >= 0.3 is 0 Å². The quantitative estimate of drug-likeness (QED) is 0.552. The molecule has 2 aliphatic heterocycles. The van der Waals surface area contributed by atoms with Crippen molar-refractivity contribution in [1.29, 1.82) is 0 Å². The van der Waals surface area contributed by atoms with Gasteiger partial charge in [0.2, 0.25) is 0 Å². The highest BCUT2D eigenvalue weighted by atomic mass is 16.5. The van der Waals surface area contributed by atoms with Gasteiger partial charge in [-0.3, -0.25) is 4.90 Å². The number of ether oxygens (including phenoxy) is 1. The second-order valence-corrected chi connectivity index (χ2v) is 3.86. The zero-order valence-electron chi connectivity index (χ0n) is 7.83. The molecule has 0 spiro atoms. The maximum absolute atomic E-state index is 5.38. The van der Waals surface area contributed by atoms with E-state index in [1.165, 1.54) is 32.6 Å². The molecule has 12 heavy (non-hydrogen) atoms. The molecule has 1 atom stereocenters. The molecule has 2 fully saturated rings. The summed E-state index contributed by atoms with van der Waals surface area (Å²) in [4.78, 5) is 4.97. The van der Waals surface area contributed by atoms with Crippen molar-refractivity contribution in [3.8, 4) is 0 Å². The lowest BCUT2D eigenvalue weighted by Gasteiger charge is -2.35. The lowest BCUT2D eigenvalue weighted by Crippen LogP contribution is -2.49. The molecule has 2 rings (SSSR count). The zero-order chi connectivity index (χ0) is 8.39. The number of piperazine rings is 1. The van der Waals surface area contributed by atoms with Gasteiger partial charge in [0.05, 0.1) is 6.61 Å². The smallest absolute Gasteiger partial charge is 0.0622 e. The van der Waals surface area contributed by atoms with Crippen LogP contribution in [0.2, 0.25) is 0 Å². The number of hydrogen-bond donors (Lipinski definition) is 0. The molecule has 0 amide bonds. The van der Waals surface area contributed by atoms with Gasteiger partial charge in [-0.1, -0.05) is 0 Å². The van der Waals surface area contributed by atoms with Gasteiger partial charge in [0.15, 0.2) is 0 Å². The van der Waals surface area contributed by atoms with Crippen molar-refractivity contribution in [3.05, 3.63) is 0 Å². The molecular formula is C9H18N2O. The van der Waals surface area contributed by atoms with Crippen LogP contribution in [-0.2, 0) is 4.74 Å². The first-order valence-corrected chi connectivity index (χ1v) is 4.86. The topological polar surface area (TPSA) is 15.7 Å². The third-order valence-electron chi connectivity index (χ3n) is 2.96. The van der Waals surface area contributed by atoms with Crippen LogP contribution in [0, 0.1) is 0 Å². The minimum Gasteiger partial charge on any atom is -0.380 e. The summed E-state index contributed by atoms with van der Waals surface area (Å²) in [7, 11) is 2.20. The molecule has 2 saturated heterocycles. The van der Waals surface area contributed by atoms with Crippen molar-refractivity contribution in [2.24, 2.45) is 0 Å². The lowest BCUT2D eigenvalue weighted by atomic mass is 10.2. The molecule has 0 aromatic rings. The Bertz CT molecular complexity index is 137. The minimum absolute atomic E-state index is 0.721. The second kappa shape index (κ2) is 3.73. The first-order valence-electron chi connectivity index (χ1n) is 4.86. The summed E-state index contributed by atoms with van der Waals surface area (Å²) in [6.07, 6.45) is 1.24. The van der Waals surface area contributed by atoms with Gasteiger partial charge in [-0.05, 0) is 13.5 Å². The van der Waals surface area contributed by atoms with E-state index in [0.717, 1.165) is 19.3 Å². The highest BCUT2D eigenvalue weighted by Crippen LogP contribution is 2.13. The Kier molecular flexibility index (Phi) is 2.63. The fourth-order valence-electron chi connectivity index (χ4n) is 2.00. The normalized spacial score (nSPS) is 34.2. The summed E-state index contributed by atoms with van der Waals surface area (Å²) < 4.78 is 5.38. The summed E-state index contributed by atoms with van der Waals surface area (Å²) in [5.74, 6) is 0. The van der Waals surface area contributed by atoms with Gasteiger partial charge in [-0.2, -0.15) is 0 Å². The van der Waals surface area contributed by atoms with Crippen molar-refractivity contribution < 1.29 is 4.74 Å². The van der Waals surface area contributed by atoms with E-state index in [9.17, 15) is 0 Å². The molecule has 0 aliphatic carbocycles. The Morgan fingerprint density at radius 1 is 1.17 bits per heavy atom. The molecule has 70 valence electrons. The predicted molar refractivity (Wildman–Crippen MR) is 48.3 cm³/mol. The van der Waals surface area contributed by atoms with Crippen LogP contribution in [0.4, 0.5) is 0 Å². The number of nitrogens with zero attached hydrogens (tertiary/aromatic N) is 2. The van der Waals surface area contributed by atoms with Gasteiger partial charge in [-0.15, -0.1) is 0 Å². The van der Waals surface area contributed by atoms with Crippen LogP contribution in [0.3, 0.4) is 0 Å². The van der Waals surface area contributed by atoms with Crippen molar-refractivity contribution >= 4 is 0 Å². The number of rotatable bonds is 1. The maximum atomic E-state index is 5.38. The van der Waals surface area contributed by atoms with E-state index in [-0.39, 0.29) is 0 Å². The third kappa shape index (κ3) is 1.79. The van der Waals surface area contributed by atoms with E-state index in [1.54, 1.807) is 0 Å². The van der Waals surface area contributed by atoms with Crippen LogP contribution in [0.25, 0.3) is 0 Å². The first kappa shape index (κ1) is 8.48. The molecule has 0 radical (unpaired) electrons. The van der Waals surface area contributed by atoms with E-state index >= 15 is 0 Å². The first-order chi connectivity index (χ1) is 5.86. The van der Waals surface area contributed by atoms with E-state index in [4.69, 9.17) is 4.74 Å². The Morgan fingerprint density at radius 2 is 1.92 bits per heavy atom. The van der Waals surface area contributed by atoms with Crippen molar-refractivity contribution in [2.75, 3.05) is 46.4 Å². The Balaban J connectivity index is 1.80. The molecule has 3 nitrogen and oxygen atoms in total. The Labute approximate surface area is 74.3 Å². The molecular weight excluding hydrogens is 152 g/mol. The van der Waals surface area contributed by atoms with Gasteiger partial charge in [0.25, 0.3) is 0 Å². The fourth-order valence-corrected chi connectivity index (χ4v) is 2.00. The van der Waals surface area contributed by atoms with E-state index < -0.39 is 0 Å². The molecule has 0 aromatic heterocycles. The Hall–Kier alpha value is -0.120. The largest absolute Gasteiger partial charge is 0.380 e. The van der Waals surface area contributed by atoms with Crippen LogP contribution in [0.5, 0.6) is 0 Å². The van der Waals surface area contributed by atoms with Crippen LogP contribution < -0.4 is 0 Å². The minimum atomic E-state index is 0.721. The molecule has 0 unspecified atom stereocenters. The number of likely N-dealkylation sites (N-methyl/N-ethyl adjacent to an activating group) is 1. The second-order valence-electron chi connectivity index (χ2n) is 3.86. The monoisotopic (exact) mass is 170 g/mol. The average Bonchev–Trinajstić information content (AvgIpc) is 2.58. The molecule has 2 heterocycles. The lowest BCUT2D eigenvalue weighted by molar-refractivity contribution is 0.0963. The highest BCUT2D eigenvalue weighted by molar-refractivity contribution is 4.79. The van der Waals surface area contributed by atoms with Crippen LogP contribution in [0.15, 0.2) is 0 Å². The van der Waals surface area contributed by atoms with Crippen LogP contribution >= 0.6 is 0 Å². The molecule has 0 N–H and O–H groups in total. The predicted octanol–water partition coefficient (Wildman–Crippen LogP) is 0.0227. The van der Waals surface area contributed by atoms with Gasteiger partial charge in [0, 0.05) is 38.8 Å². The molecule has 0 bridgehead atoms. The highest BCUT2D eigenvalue weighted by Gasteiger charge is 2.25. The third-order valence-corrected chi connectivity index (χ3v) is 2.96. The standard InChI is InChI=1S/C9H18N2O/c1-10-3-5-11(6-4-10)9-2-7-12-8-9/h9H,2-8H2,1H3/t9-/m0/s1. The number of hydrogen-bond acceptors (Lipinski definition) is 3. The summed E-state index contributed by atoms with van der Waals surface area (Å²) in [5, 5.41) is 0. The summed E-state index contributed by atoms with van der Waals surface area (Å²) in [5.41, 5.74) is 0. The van der Waals surface area contributed by atoms with E-state index in [0.29, 0.717) is 0 Å². The van der Waals surface area contributed by atoms with Crippen LogP contribution in [0.1, 0.15) is 6.42 Å². The summed E-state index contributed by atoms with van der Waals surface area (Å²) in [6.45, 7) is 6.82. The fraction of sp³-hybridized carbons (Fsp3) is 1.00. The van der Waals surface area contributed by atoms with Crippen molar-refractivity contribution in [1.82, 2.24) is 9.80 Å². The SMILES string of the molecule is CN1CCN([C@H]2CCOC2)CC1. The maximum Gasteiger partial charge on any atom is 0.0622 e. The molecule has 3 heteroatoms. The average molecular weight is 170 g/mol. The molecule has 0 aromatic carbocycles. The van der Waals surface area contributed by atoms with Crippen molar-refractivity contribution in [3.63, 3.8) is 0 Å². The van der Waals surface area contributed by atoms with Crippen molar-refractivity contribution in [2.45, 2.75) is 12.5 Å².